The van der Waals surface area contributed by atoms with Crippen LogP contribution in [-0.4, -0.2) is 0 Å². The first kappa shape index (κ1) is 9.62. The van der Waals surface area contributed by atoms with E-state index in [2.05, 4.69) is 50.9 Å². The smallest absolute Gasteiger partial charge is 0.0311 e. The van der Waals surface area contributed by atoms with Crippen molar-refractivity contribution in [2.45, 2.75) is 12.7 Å². The van der Waals surface area contributed by atoms with Crippen molar-refractivity contribution in [1.82, 2.24) is 0 Å². The van der Waals surface area contributed by atoms with Crippen molar-refractivity contribution in [1.29, 1.82) is 0 Å². The van der Waals surface area contributed by atoms with Crippen molar-refractivity contribution in [3.63, 3.8) is 0 Å². The zero-order chi connectivity index (χ0) is 8.43. The molecule has 0 atom stereocenters. The third-order valence-electron chi connectivity index (χ3n) is 1.43. The molecule has 0 aliphatic carbocycles. The van der Waals surface area contributed by atoms with E-state index >= 15 is 0 Å². The molecular weight excluding hydrogens is 288 g/mol. The van der Waals surface area contributed by atoms with Crippen LogP contribution in [0.2, 0.25) is 0 Å². The second-order valence-electron chi connectivity index (χ2n) is 2.35. The Labute approximate surface area is 89.1 Å². The van der Waals surface area contributed by atoms with E-state index in [0.29, 0.717) is 5.75 Å². The lowest BCUT2D eigenvalue weighted by atomic mass is 10.2. The van der Waals surface area contributed by atoms with Crippen LogP contribution in [0.5, 0.6) is 0 Å². The lowest BCUT2D eigenvalue weighted by Gasteiger charge is -2.04. The minimum absolute atomic E-state index is 0.640. The number of halogens is 2. The first-order valence-corrected chi connectivity index (χ1v) is 5.34. The van der Waals surface area contributed by atoms with Gasteiger partial charge in [-0.05, 0) is 30.2 Å². The third-order valence-corrected chi connectivity index (χ3v) is 3.13. The molecule has 1 aromatic rings. The molecule has 0 unspecified atom stereocenters. The van der Waals surface area contributed by atoms with Gasteiger partial charge in [0.15, 0.2) is 0 Å². The second kappa shape index (κ2) is 3.97. The number of hydrogen-bond donors (Lipinski definition) is 0. The van der Waals surface area contributed by atoms with Crippen LogP contribution in [0.3, 0.4) is 0 Å². The van der Waals surface area contributed by atoms with Gasteiger partial charge in [0.05, 0.1) is 0 Å². The predicted octanol–water partition coefficient (Wildman–Crippen LogP) is 4.22. The molecule has 0 aliphatic rings. The molecule has 1 rings (SSSR count). The normalized spacial score (nSPS) is 10.2. The topological polar surface area (TPSA) is 0 Å². The highest BCUT2D eigenvalue weighted by Gasteiger charge is 2.03. The van der Waals surface area contributed by atoms with Gasteiger partial charge in [0.2, 0.25) is 0 Å². The molecule has 0 amide bonds. The van der Waals surface area contributed by atoms with Crippen molar-refractivity contribution in [2.75, 3.05) is 0 Å². The van der Waals surface area contributed by atoms with Crippen LogP contribution < -0.4 is 0 Å². The van der Waals surface area contributed by atoms with E-state index in [1.165, 1.54) is 5.56 Å². The highest BCUT2D eigenvalue weighted by Crippen LogP contribution is 2.28. The van der Waals surface area contributed by atoms with Gasteiger partial charge in [-0.1, -0.05) is 44.5 Å². The predicted molar refractivity (Wildman–Crippen MR) is 57.9 cm³/mol. The summed E-state index contributed by atoms with van der Waals surface area (Å²) in [5.74, 6) is 0.640. The molecule has 59 valence electrons. The quantitative estimate of drug-likeness (QED) is 0.727. The fourth-order valence-electron chi connectivity index (χ4n) is 0.868. The van der Waals surface area contributed by atoms with Gasteiger partial charge in [-0.25, -0.2) is 0 Å². The Hall–Kier alpha value is 0.530. The molecule has 0 aliphatic heterocycles. The lowest BCUT2D eigenvalue weighted by molar-refractivity contribution is 1.31. The molecule has 0 saturated carbocycles. The van der Waals surface area contributed by atoms with E-state index in [0.717, 1.165) is 14.5 Å². The van der Waals surface area contributed by atoms with Gasteiger partial charge in [-0.2, -0.15) is 0 Å². The first-order chi connectivity index (χ1) is 5.15. The molecule has 0 saturated heterocycles. The van der Waals surface area contributed by atoms with E-state index in [4.69, 9.17) is 12.6 Å². The molecule has 0 spiro atoms. The Morgan fingerprint density at radius 2 is 1.73 bits per heavy atom. The van der Waals surface area contributed by atoms with Crippen molar-refractivity contribution < 1.29 is 0 Å². The van der Waals surface area contributed by atoms with Crippen LogP contribution in [0.15, 0.2) is 21.1 Å². The number of benzene rings is 1. The minimum Gasteiger partial charge on any atom is -0.0889 e. The average Bonchev–Trinajstić information content (AvgIpc) is 1.85. The van der Waals surface area contributed by atoms with Crippen molar-refractivity contribution >= 4 is 44.5 Å². The van der Waals surface area contributed by atoms with Crippen LogP contribution in [-0.2, 0) is 5.75 Å². The molecule has 11 heavy (non-hydrogen) atoms. The molecule has 1 radical (unpaired) electrons. The molecule has 1 aromatic carbocycles. The van der Waals surface area contributed by atoms with Gasteiger partial charge in [0.25, 0.3) is 0 Å². The van der Waals surface area contributed by atoms with Gasteiger partial charge in [-0.3, -0.25) is 0 Å². The zero-order valence-electron chi connectivity index (χ0n) is 6.03. The Bertz CT molecular complexity index is 248. The fourth-order valence-corrected chi connectivity index (χ4v) is 3.25. The number of rotatable bonds is 1. The number of aryl methyl sites for hydroxylation is 1. The minimum atomic E-state index is 0.640. The zero-order valence-corrected chi connectivity index (χ0v) is 10.0. The summed E-state index contributed by atoms with van der Waals surface area (Å²) in [5, 5.41) is 0. The third kappa shape index (κ3) is 2.23. The van der Waals surface area contributed by atoms with Gasteiger partial charge >= 0.3 is 0 Å². The summed E-state index contributed by atoms with van der Waals surface area (Å²) in [6.07, 6.45) is 0. The van der Waals surface area contributed by atoms with Crippen LogP contribution in [0, 0.1) is 6.92 Å². The number of hydrogen-bond acceptors (Lipinski definition) is 0. The summed E-state index contributed by atoms with van der Waals surface area (Å²) in [5.41, 5.74) is 2.39. The highest BCUT2D eigenvalue weighted by molar-refractivity contribution is 9.11. The lowest BCUT2D eigenvalue weighted by Crippen LogP contribution is -1.84. The molecule has 0 nitrogen and oxygen atoms in total. The van der Waals surface area contributed by atoms with E-state index < -0.39 is 0 Å². The van der Waals surface area contributed by atoms with Crippen molar-refractivity contribution in [3.05, 3.63) is 32.2 Å². The largest absolute Gasteiger partial charge is 0.0889 e. The maximum Gasteiger partial charge on any atom is 0.0311 e. The van der Waals surface area contributed by atoms with Crippen molar-refractivity contribution in [2.24, 2.45) is 0 Å². The van der Waals surface area contributed by atoms with Gasteiger partial charge in [-0.15, -0.1) is 0 Å². The standard InChI is InChI=1S/C8H7Br2S/c1-5-2-7(9)6(4-11)8(10)3-5/h2-3H,4H2,1H3. The van der Waals surface area contributed by atoms with Crippen LogP contribution in [0.4, 0.5) is 0 Å². The summed E-state index contributed by atoms with van der Waals surface area (Å²) in [4.78, 5) is 0. The Kier molecular flexibility index (Phi) is 3.47. The summed E-state index contributed by atoms with van der Waals surface area (Å²) in [6.45, 7) is 2.06. The maximum absolute atomic E-state index is 4.98. The Morgan fingerprint density at radius 3 is 2.09 bits per heavy atom. The van der Waals surface area contributed by atoms with E-state index in [1.54, 1.807) is 0 Å². The highest BCUT2D eigenvalue weighted by atomic mass is 79.9. The summed E-state index contributed by atoms with van der Waals surface area (Å²) in [7, 11) is 0. The molecule has 0 bridgehead atoms. The molecular formula is C8H7Br2S. The van der Waals surface area contributed by atoms with E-state index in [9.17, 15) is 0 Å². The van der Waals surface area contributed by atoms with Gasteiger partial charge < -0.3 is 0 Å². The summed E-state index contributed by atoms with van der Waals surface area (Å²) >= 11 is 11.9. The van der Waals surface area contributed by atoms with Crippen molar-refractivity contribution in [3.8, 4) is 0 Å². The second-order valence-corrected chi connectivity index (χ2v) is 4.35. The van der Waals surface area contributed by atoms with Gasteiger partial charge in [0.1, 0.15) is 0 Å². The van der Waals surface area contributed by atoms with Crippen LogP contribution in [0.1, 0.15) is 11.1 Å². The average molecular weight is 295 g/mol. The summed E-state index contributed by atoms with van der Waals surface area (Å²) < 4.78 is 2.19. The SMILES string of the molecule is Cc1cc(Br)c(C[S])c(Br)c1. The summed E-state index contributed by atoms with van der Waals surface area (Å²) in [6, 6.07) is 4.15. The molecule has 0 heterocycles. The van der Waals surface area contributed by atoms with Gasteiger partial charge in [0, 0.05) is 14.7 Å². The molecule has 0 N–H and O–H groups in total. The maximum atomic E-state index is 4.98. The molecule has 0 fully saturated rings. The fraction of sp³-hybridized carbons (Fsp3) is 0.250. The first-order valence-electron chi connectivity index (χ1n) is 3.17. The molecule has 0 aromatic heterocycles. The van der Waals surface area contributed by atoms with E-state index in [1.807, 2.05) is 0 Å². The monoisotopic (exact) mass is 293 g/mol. The Morgan fingerprint density at radius 1 is 1.27 bits per heavy atom. The molecule has 3 heteroatoms. The Balaban J connectivity index is 3.25. The van der Waals surface area contributed by atoms with E-state index in [-0.39, 0.29) is 0 Å². The van der Waals surface area contributed by atoms with Crippen LogP contribution >= 0.6 is 44.5 Å². The van der Waals surface area contributed by atoms with Crippen LogP contribution in [0.25, 0.3) is 0 Å².